The molecule has 0 spiro atoms. The Labute approximate surface area is 147 Å². The van der Waals surface area contributed by atoms with Crippen molar-refractivity contribution in [3.05, 3.63) is 41.7 Å². The number of hydrogen-bond acceptors (Lipinski definition) is 3. The number of carbonyl (C=O) groups is 2. The lowest BCUT2D eigenvalue weighted by Gasteiger charge is -2.31. The number of benzene rings is 1. The molecule has 25 heavy (non-hydrogen) atoms. The van der Waals surface area contributed by atoms with E-state index < -0.39 is 0 Å². The number of rotatable bonds is 3. The SMILES string of the molecule is Cc1ccc(-c2ccc(C)c(NC(=O)N3CCC[C@H](C(N)=O)C3)c2)o1. The first-order valence-corrected chi connectivity index (χ1v) is 8.47. The molecule has 1 saturated heterocycles. The summed E-state index contributed by atoms with van der Waals surface area (Å²) < 4.78 is 5.65. The molecule has 0 unspecified atom stereocenters. The quantitative estimate of drug-likeness (QED) is 0.898. The maximum atomic E-state index is 12.6. The van der Waals surface area contributed by atoms with E-state index in [0.717, 1.165) is 41.2 Å². The highest BCUT2D eigenvalue weighted by atomic mass is 16.3. The van der Waals surface area contributed by atoms with Crippen molar-refractivity contribution in [1.29, 1.82) is 0 Å². The van der Waals surface area contributed by atoms with Gasteiger partial charge in [-0.05, 0) is 50.5 Å². The molecule has 1 atom stereocenters. The molecule has 1 fully saturated rings. The Morgan fingerprint density at radius 3 is 2.72 bits per heavy atom. The fraction of sp³-hybridized carbons (Fsp3) is 0.368. The van der Waals surface area contributed by atoms with Gasteiger partial charge in [0.05, 0.1) is 5.92 Å². The molecule has 2 heterocycles. The fourth-order valence-corrected chi connectivity index (χ4v) is 3.09. The second kappa shape index (κ2) is 7.01. The first-order valence-electron chi connectivity index (χ1n) is 8.47. The number of carbonyl (C=O) groups excluding carboxylic acids is 2. The smallest absolute Gasteiger partial charge is 0.321 e. The second-order valence-corrected chi connectivity index (χ2v) is 6.56. The van der Waals surface area contributed by atoms with Crippen LogP contribution in [0.3, 0.4) is 0 Å². The molecule has 0 radical (unpaired) electrons. The number of urea groups is 1. The van der Waals surface area contributed by atoms with Crippen LogP contribution in [0.1, 0.15) is 24.2 Å². The van der Waals surface area contributed by atoms with Gasteiger partial charge in [-0.3, -0.25) is 4.79 Å². The van der Waals surface area contributed by atoms with E-state index in [1.165, 1.54) is 0 Å². The third-order valence-electron chi connectivity index (χ3n) is 4.62. The zero-order chi connectivity index (χ0) is 18.0. The molecule has 3 N–H and O–H groups in total. The summed E-state index contributed by atoms with van der Waals surface area (Å²) in [6, 6.07) is 9.43. The molecular weight excluding hydrogens is 318 g/mol. The van der Waals surface area contributed by atoms with Gasteiger partial charge in [-0.15, -0.1) is 0 Å². The Balaban J connectivity index is 1.75. The van der Waals surface area contributed by atoms with Crippen molar-refractivity contribution in [2.45, 2.75) is 26.7 Å². The van der Waals surface area contributed by atoms with Crippen LogP contribution in [-0.4, -0.2) is 29.9 Å². The van der Waals surface area contributed by atoms with E-state index in [2.05, 4.69) is 5.32 Å². The number of furan rings is 1. The minimum absolute atomic E-state index is 0.207. The summed E-state index contributed by atoms with van der Waals surface area (Å²) in [6.07, 6.45) is 1.52. The lowest BCUT2D eigenvalue weighted by molar-refractivity contribution is -0.123. The van der Waals surface area contributed by atoms with E-state index in [9.17, 15) is 9.59 Å². The summed E-state index contributed by atoms with van der Waals surface area (Å²) in [4.78, 5) is 25.6. The Morgan fingerprint density at radius 2 is 2.04 bits per heavy atom. The average Bonchev–Trinajstić information content (AvgIpc) is 3.03. The molecule has 6 heteroatoms. The number of aryl methyl sites for hydroxylation is 2. The summed E-state index contributed by atoms with van der Waals surface area (Å²) in [7, 11) is 0. The van der Waals surface area contributed by atoms with Crippen LogP contribution in [-0.2, 0) is 4.79 Å². The lowest BCUT2D eigenvalue weighted by atomic mass is 9.98. The summed E-state index contributed by atoms with van der Waals surface area (Å²) in [5.41, 5.74) is 7.99. The molecule has 1 aromatic heterocycles. The molecule has 0 bridgehead atoms. The third-order valence-corrected chi connectivity index (χ3v) is 4.62. The maximum absolute atomic E-state index is 12.6. The molecule has 6 nitrogen and oxygen atoms in total. The largest absolute Gasteiger partial charge is 0.461 e. The highest BCUT2D eigenvalue weighted by molar-refractivity contribution is 5.91. The number of nitrogens with two attached hydrogens (primary N) is 1. The maximum Gasteiger partial charge on any atom is 0.321 e. The van der Waals surface area contributed by atoms with Gasteiger partial charge in [-0.25, -0.2) is 4.79 Å². The highest BCUT2D eigenvalue weighted by Crippen LogP contribution is 2.27. The first kappa shape index (κ1) is 17.1. The van der Waals surface area contributed by atoms with E-state index in [1.807, 2.05) is 44.2 Å². The minimum Gasteiger partial charge on any atom is -0.461 e. The van der Waals surface area contributed by atoms with Crippen LogP contribution < -0.4 is 11.1 Å². The molecule has 132 valence electrons. The van der Waals surface area contributed by atoms with Crippen LogP contribution >= 0.6 is 0 Å². The number of nitrogens with one attached hydrogen (secondary N) is 1. The minimum atomic E-state index is -0.344. The van der Waals surface area contributed by atoms with Crippen molar-refractivity contribution >= 4 is 17.6 Å². The van der Waals surface area contributed by atoms with Crippen LogP contribution in [0.15, 0.2) is 34.7 Å². The number of primary amides is 1. The van der Waals surface area contributed by atoms with Crippen LogP contribution in [0.5, 0.6) is 0 Å². The number of nitrogens with zero attached hydrogens (tertiary/aromatic N) is 1. The van der Waals surface area contributed by atoms with Crippen LogP contribution in [0, 0.1) is 19.8 Å². The summed E-state index contributed by atoms with van der Waals surface area (Å²) >= 11 is 0. The van der Waals surface area contributed by atoms with Gasteiger partial charge in [-0.2, -0.15) is 0 Å². The van der Waals surface area contributed by atoms with Gasteiger partial charge >= 0.3 is 6.03 Å². The lowest BCUT2D eigenvalue weighted by Crippen LogP contribution is -2.45. The van der Waals surface area contributed by atoms with E-state index >= 15 is 0 Å². The van der Waals surface area contributed by atoms with E-state index in [-0.39, 0.29) is 17.9 Å². The van der Waals surface area contributed by atoms with Crippen LogP contribution in [0.25, 0.3) is 11.3 Å². The Kier molecular flexibility index (Phi) is 4.79. The van der Waals surface area contributed by atoms with Crippen molar-refractivity contribution in [1.82, 2.24) is 4.90 Å². The van der Waals surface area contributed by atoms with Gasteiger partial charge in [0.15, 0.2) is 0 Å². The Hall–Kier alpha value is -2.76. The molecule has 2 aromatic rings. The molecule has 0 aliphatic carbocycles. The number of amides is 3. The van der Waals surface area contributed by atoms with E-state index in [1.54, 1.807) is 4.90 Å². The van der Waals surface area contributed by atoms with E-state index in [4.69, 9.17) is 10.2 Å². The third kappa shape index (κ3) is 3.84. The van der Waals surface area contributed by atoms with Gasteiger partial charge in [0.25, 0.3) is 0 Å². The van der Waals surface area contributed by atoms with Crippen molar-refractivity contribution in [2.24, 2.45) is 11.7 Å². The van der Waals surface area contributed by atoms with Crippen LogP contribution in [0.2, 0.25) is 0 Å². The van der Waals surface area contributed by atoms with Gasteiger partial charge in [0.1, 0.15) is 11.5 Å². The van der Waals surface area contributed by atoms with E-state index in [0.29, 0.717) is 13.1 Å². The van der Waals surface area contributed by atoms with Crippen molar-refractivity contribution < 1.29 is 14.0 Å². The second-order valence-electron chi connectivity index (χ2n) is 6.56. The zero-order valence-electron chi connectivity index (χ0n) is 14.5. The van der Waals surface area contributed by atoms with Crippen molar-refractivity contribution in [2.75, 3.05) is 18.4 Å². The topological polar surface area (TPSA) is 88.6 Å². The van der Waals surface area contributed by atoms with Crippen LogP contribution in [0.4, 0.5) is 10.5 Å². The monoisotopic (exact) mass is 341 g/mol. The molecule has 3 rings (SSSR count). The summed E-state index contributed by atoms with van der Waals surface area (Å²) in [5.74, 6) is 0.994. The molecular formula is C19H23N3O3. The van der Waals surface area contributed by atoms with Gasteiger partial charge in [0.2, 0.25) is 5.91 Å². The summed E-state index contributed by atoms with van der Waals surface area (Å²) in [5, 5.41) is 2.95. The normalized spacial score (nSPS) is 17.4. The predicted octanol–water partition coefficient (Wildman–Crippen LogP) is 3.29. The van der Waals surface area contributed by atoms with Crippen molar-refractivity contribution in [3.8, 4) is 11.3 Å². The van der Waals surface area contributed by atoms with Gasteiger partial charge < -0.3 is 20.4 Å². The zero-order valence-corrected chi connectivity index (χ0v) is 14.5. The number of hydrogen-bond donors (Lipinski definition) is 2. The molecule has 1 aliphatic rings. The first-order chi connectivity index (χ1) is 11.9. The van der Waals surface area contributed by atoms with Gasteiger partial charge in [0, 0.05) is 24.3 Å². The van der Waals surface area contributed by atoms with Gasteiger partial charge in [-0.1, -0.05) is 12.1 Å². The standard InChI is InChI=1S/C19H23N3O3/c1-12-5-7-14(17-8-6-13(2)25-17)10-16(12)21-19(24)22-9-3-4-15(11-22)18(20)23/h5-8,10,15H,3-4,9,11H2,1-2H3,(H2,20,23)(H,21,24)/t15-/m0/s1. The molecule has 0 saturated carbocycles. The number of piperidine rings is 1. The average molecular weight is 341 g/mol. The summed E-state index contributed by atoms with van der Waals surface area (Å²) in [6.45, 7) is 4.84. The predicted molar refractivity (Wildman–Crippen MR) is 96.1 cm³/mol. The molecule has 3 amide bonds. The highest BCUT2D eigenvalue weighted by Gasteiger charge is 2.27. The Bertz CT molecular complexity index is 797. The molecule has 1 aromatic carbocycles. The number of anilines is 1. The Morgan fingerprint density at radius 1 is 1.24 bits per heavy atom. The van der Waals surface area contributed by atoms with Crippen molar-refractivity contribution in [3.63, 3.8) is 0 Å². The fourth-order valence-electron chi connectivity index (χ4n) is 3.09. The molecule has 1 aliphatic heterocycles. The number of likely N-dealkylation sites (tertiary alicyclic amines) is 1.